The number of nitrogens with zero attached hydrogens (tertiary/aromatic N) is 2. The number of thioether (sulfide) groups is 1. The average Bonchev–Trinajstić information content (AvgIpc) is 3.25. The number of hydrogen-bond acceptors (Lipinski definition) is 5. The summed E-state index contributed by atoms with van der Waals surface area (Å²) in [5.74, 6) is 0.134. The Hall–Kier alpha value is -2.90. The van der Waals surface area contributed by atoms with Crippen molar-refractivity contribution in [1.29, 1.82) is 0 Å². The molecule has 7 heteroatoms. The highest BCUT2D eigenvalue weighted by molar-refractivity contribution is 7.99. The molecule has 0 bridgehead atoms. The van der Waals surface area contributed by atoms with Crippen LogP contribution in [-0.2, 0) is 11.2 Å². The third-order valence-corrected chi connectivity index (χ3v) is 7.19. The summed E-state index contributed by atoms with van der Waals surface area (Å²) in [5, 5.41) is 5.48. The topological polar surface area (TPSA) is 64.0 Å². The lowest BCUT2D eigenvalue weighted by Crippen LogP contribution is -2.34. The van der Waals surface area contributed by atoms with Crippen molar-refractivity contribution in [1.82, 2.24) is 14.9 Å². The molecule has 0 saturated heterocycles. The second-order valence-corrected chi connectivity index (χ2v) is 10.2. The number of amides is 1. The first-order valence-corrected chi connectivity index (χ1v) is 12.8. The standard InChI is InChI=1S/C26H27N3O2S2/c1-17-13-18(2)15-21(14-17)29-25(31)24-22(11-12-32-24)28-26(29)33-16-23(30)27-19(3)9-10-20-7-5-4-6-8-20/h4-8,11-15,19H,9-10,16H2,1-3H3,(H,27,30)/t19-/m0/s1. The van der Waals surface area contributed by atoms with Gasteiger partial charge >= 0.3 is 0 Å². The molecule has 2 aromatic carbocycles. The normalized spacial score (nSPS) is 12.1. The summed E-state index contributed by atoms with van der Waals surface area (Å²) >= 11 is 2.69. The minimum Gasteiger partial charge on any atom is -0.353 e. The number of thiophene rings is 1. The molecule has 2 heterocycles. The summed E-state index contributed by atoms with van der Waals surface area (Å²) in [7, 11) is 0. The summed E-state index contributed by atoms with van der Waals surface area (Å²) in [6, 6.07) is 18.2. The highest BCUT2D eigenvalue weighted by Crippen LogP contribution is 2.24. The third-order valence-electron chi connectivity index (χ3n) is 5.36. The van der Waals surface area contributed by atoms with Crippen molar-refractivity contribution in [2.45, 2.75) is 44.8 Å². The summed E-state index contributed by atoms with van der Waals surface area (Å²) in [6.07, 6.45) is 1.78. The lowest BCUT2D eigenvalue weighted by Gasteiger charge is -2.15. The fourth-order valence-electron chi connectivity index (χ4n) is 3.84. The predicted molar refractivity (Wildman–Crippen MR) is 138 cm³/mol. The molecule has 0 fully saturated rings. The van der Waals surface area contributed by atoms with E-state index in [1.165, 1.54) is 28.7 Å². The van der Waals surface area contributed by atoms with E-state index in [-0.39, 0.29) is 23.3 Å². The zero-order valence-corrected chi connectivity index (χ0v) is 20.6. The molecule has 0 saturated carbocycles. The number of carbonyl (C=O) groups is 1. The molecule has 1 N–H and O–H groups in total. The maximum absolute atomic E-state index is 13.3. The minimum absolute atomic E-state index is 0.0623. The molecule has 0 aliphatic rings. The highest BCUT2D eigenvalue weighted by atomic mass is 32.2. The van der Waals surface area contributed by atoms with Crippen LogP contribution in [0, 0.1) is 13.8 Å². The van der Waals surface area contributed by atoms with Crippen molar-refractivity contribution < 1.29 is 4.79 Å². The van der Waals surface area contributed by atoms with Gasteiger partial charge in [0.2, 0.25) is 5.91 Å². The fraction of sp³-hybridized carbons (Fsp3) is 0.269. The summed E-state index contributed by atoms with van der Waals surface area (Å²) in [6.45, 7) is 6.04. The highest BCUT2D eigenvalue weighted by Gasteiger charge is 2.17. The Balaban J connectivity index is 1.50. The largest absolute Gasteiger partial charge is 0.353 e. The van der Waals surface area contributed by atoms with Gasteiger partial charge in [-0.3, -0.25) is 14.2 Å². The molecule has 1 atom stereocenters. The van der Waals surface area contributed by atoms with Crippen molar-refractivity contribution in [2.75, 3.05) is 5.75 Å². The Bertz CT molecular complexity index is 1310. The number of benzene rings is 2. The van der Waals surface area contributed by atoms with Gasteiger partial charge in [-0.25, -0.2) is 4.98 Å². The van der Waals surface area contributed by atoms with Gasteiger partial charge in [0.05, 0.1) is 17.0 Å². The molecule has 0 radical (unpaired) electrons. The molecule has 0 aliphatic carbocycles. The van der Waals surface area contributed by atoms with Gasteiger partial charge in [-0.1, -0.05) is 48.2 Å². The zero-order chi connectivity index (χ0) is 23.4. The van der Waals surface area contributed by atoms with E-state index in [0.29, 0.717) is 15.4 Å². The van der Waals surface area contributed by atoms with Crippen molar-refractivity contribution in [3.05, 3.63) is 87.0 Å². The van der Waals surface area contributed by atoms with E-state index >= 15 is 0 Å². The minimum atomic E-state index is -0.0980. The van der Waals surface area contributed by atoms with Crippen molar-refractivity contribution >= 4 is 39.2 Å². The molecule has 4 rings (SSSR count). The first-order chi connectivity index (χ1) is 15.9. The van der Waals surface area contributed by atoms with Crippen LogP contribution in [0.4, 0.5) is 0 Å². The van der Waals surface area contributed by atoms with Gasteiger partial charge < -0.3 is 5.32 Å². The van der Waals surface area contributed by atoms with E-state index in [1.807, 2.05) is 62.5 Å². The monoisotopic (exact) mass is 477 g/mol. The maximum atomic E-state index is 13.3. The smallest absolute Gasteiger partial charge is 0.276 e. The number of hydrogen-bond donors (Lipinski definition) is 1. The fourth-order valence-corrected chi connectivity index (χ4v) is 5.43. The Morgan fingerprint density at radius 3 is 2.58 bits per heavy atom. The molecule has 0 aliphatic heterocycles. The SMILES string of the molecule is Cc1cc(C)cc(-n2c(SCC(=O)N[C@@H](C)CCc3ccccc3)nc3ccsc3c2=O)c1. The van der Waals surface area contributed by atoms with Gasteiger partial charge in [0.15, 0.2) is 5.16 Å². The molecular formula is C26H27N3O2S2. The summed E-state index contributed by atoms with van der Waals surface area (Å²) in [5.41, 5.74) is 4.76. The van der Waals surface area contributed by atoms with Gasteiger partial charge in [-0.15, -0.1) is 11.3 Å². The van der Waals surface area contributed by atoms with Crippen LogP contribution in [0.1, 0.15) is 30.0 Å². The third kappa shape index (κ3) is 5.72. The molecular weight excluding hydrogens is 450 g/mol. The van der Waals surface area contributed by atoms with Crippen LogP contribution >= 0.6 is 23.1 Å². The van der Waals surface area contributed by atoms with Crippen LogP contribution < -0.4 is 10.9 Å². The Morgan fingerprint density at radius 1 is 1.12 bits per heavy atom. The van der Waals surface area contributed by atoms with Gasteiger partial charge in [0.1, 0.15) is 4.70 Å². The van der Waals surface area contributed by atoms with E-state index < -0.39 is 0 Å². The average molecular weight is 478 g/mol. The molecule has 5 nitrogen and oxygen atoms in total. The van der Waals surface area contributed by atoms with Gasteiger partial charge in [-0.05, 0) is 73.9 Å². The van der Waals surface area contributed by atoms with Crippen molar-refractivity contribution in [2.24, 2.45) is 0 Å². The van der Waals surface area contributed by atoms with E-state index in [1.54, 1.807) is 4.57 Å². The second-order valence-electron chi connectivity index (χ2n) is 8.30. The van der Waals surface area contributed by atoms with Gasteiger partial charge in [0, 0.05) is 6.04 Å². The zero-order valence-electron chi connectivity index (χ0n) is 19.0. The summed E-state index contributed by atoms with van der Waals surface area (Å²) in [4.78, 5) is 30.7. The number of aryl methyl sites for hydroxylation is 3. The Kier molecular flexibility index (Phi) is 7.30. The molecule has 2 aromatic heterocycles. The van der Waals surface area contributed by atoms with E-state index in [4.69, 9.17) is 4.98 Å². The van der Waals surface area contributed by atoms with Crippen LogP contribution in [0.5, 0.6) is 0 Å². The van der Waals surface area contributed by atoms with E-state index in [2.05, 4.69) is 23.5 Å². The number of aromatic nitrogens is 2. The number of fused-ring (bicyclic) bond motifs is 1. The van der Waals surface area contributed by atoms with Crippen molar-refractivity contribution in [3.63, 3.8) is 0 Å². The van der Waals surface area contributed by atoms with Gasteiger partial charge in [-0.2, -0.15) is 0 Å². The molecule has 1 amide bonds. The first-order valence-electron chi connectivity index (χ1n) is 11.0. The van der Waals surface area contributed by atoms with Crippen LogP contribution in [0.2, 0.25) is 0 Å². The lowest BCUT2D eigenvalue weighted by atomic mass is 10.1. The Morgan fingerprint density at radius 2 is 1.85 bits per heavy atom. The predicted octanol–water partition coefficient (Wildman–Crippen LogP) is 5.29. The molecule has 0 spiro atoms. The summed E-state index contributed by atoms with van der Waals surface area (Å²) < 4.78 is 2.26. The second kappa shape index (κ2) is 10.4. The first kappa shape index (κ1) is 23.3. The van der Waals surface area contributed by atoms with Crippen LogP contribution in [0.25, 0.3) is 15.9 Å². The van der Waals surface area contributed by atoms with Crippen molar-refractivity contribution in [3.8, 4) is 5.69 Å². The molecule has 0 unspecified atom stereocenters. The number of carbonyl (C=O) groups excluding carboxylic acids is 1. The quantitative estimate of drug-likeness (QED) is 0.277. The number of rotatable bonds is 8. The lowest BCUT2D eigenvalue weighted by molar-refractivity contribution is -0.119. The maximum Gasteiger partial charge on any atom is 0.276 e. The molecule has 4 aromatic rings. The van der Waals surface area contributed by atoms with Crippen LogP contribution in [0.15, 0.2) is 69.9 Å². The van der Waals surface area contributed by atoms with Crippen LogP contribution in [0.3, 0.4) is 0 Å². The van der Waals surface area contributed by atoms with E-state index in [9.17, 15) is 9.59 Å². The molecule has 33 heavy (non-hydrogen) atoms. The van der Waals surface area contributed by atoms with Crippen LogP contribution in [-0.4, -0.2) is 27.3 Å². The molecule has 170 valence electrons. The Labute approximate surface area is 201 Å². The van der Waals surface area contributed by atoms with Gasteiger partial charge in [0.25, 0.3) is 5.56 Å². The number of nitrogens with one attached hydrogen (secondary N) is 1. The van der Waals surface area contributed by atoms with E-state index in [0.717, 1.165) is 29.7 Å².